The van der Waals surface area contributed by atoms with Crippen LogP contribution in [-0.4, -0.2) is 21.5 Å². The molecule has 2 aromatic heterocycles. The Morgan fingerprint density at radius 1 is 0.789 bits per heavy atom. The molecular formula is C31H23N4OPtS-. The smallest absolute Gasteiger partial charge is 0.145 e. The van der Waals surface area contributed by atoms with Gasteiger partial charge >= 0.3 is 0 Å². The van der Waals surface area contributed by atoms with E-state index < -0.39 is 0 Å². The molecule has 0 saturated heterocycles. The second kappa shape index (κ2) is 9.95. The fourth-order valence-electron chi connectivity index (χ4n) is 4.88. The van der Waals surface area contributed by atoms with Gasteiger partial charge in [0.05, 0.1) is 7.05 Å². The molecule has 38 heavy (non-hydrogen) atoms. The predicted molar refractivity (Wildman–Crippen MR) is 150 cm³/mol. The summed E-state index contributed by atoms with van der Waals surface area (Å²) in [5.74, 6) is 0.900. The van der Waals surface area contributed by atoms with Gasteiger partial charge in [0.15, 0.2) is 0 Å². The maximum absolute atomic E-state index is 4.70. The Hall–Kier alpha value is -3.57. The van der Waals surface area contributed by atoms with Crippen molar-refractivity contribution >= 4 is 50.6 Å². The molecular weight excluding hydrogens is 672 g/mol. The summed E-state index contributed by atoms with van der Waals surface area (Å²) in [6, 6.07) is 38.5. The fraction of sp³-hybridized carbons (Fsp3) is 0.0645. The molecule has 4 aromatic carbocycles. The van der Waals surface area contributed by atoms with Crippen molar-refractivity contribution in [3.63, 3.8) is 0 Å². The summed E-state index contributed by atoms with van der Waals surface area (Å²) in [4.78, 5) is 11.4. The number of benzene rings is 4. The van der Waals surface area contributed by atoms with Gasteiger partial charge in [0.2, 0.25) is 0 Å². The minimum atomic E-state index is 0. The molecule has 0 fully saturated rings. The van der Waals surface area contributed by atoms with Gasteiger partial charge in [-0.2, -0.15) is 29.2 Å². The monoisotopic (exact) mass is 694 g/mol. The Labute approximate surface area is 239 Å². The van der Waals surface area contributed by atoms with Crippen molar-refractivity contribution < 1.29 is 26.0 Å². The quantitative estimate of drug-likeness (QED) is 0.140. The summed E-state index contributed by atoms with van der Waals surface area (Å²) in [6.07, 6.45) is 1.86. The van der Waals surface area contributed by atoms with Crippen LogP contribution in [0, 0.1) is 19.1 Å². The van der Waals surface area contributed by atoms with Crippen LogP contribution >= 0.6 is 11.8 Å². The molecule has 7 rings (SSSR count). The van der Waals surface area contributed by atoms with E-state index in [1.54, 1.807) is 11.8 Å². The molecule has 0 amide bonds. The number of hydroxylamine groups is 1. The van der Waals surface area contributed by atoms with E-state index >= 15 is 0 Å². The SMILES string of the molecule is Cc1ccnc(-n2c3[c-]c(Sc4[c-]c(N5[OH+]N(C)c6ccccc65)ccc4)ccc3c3ccccc32)c1.[Pt]. The third-order valence-electron chi connectivity index (χ3n) is 6.57. The van der Waals surface area contributed by atoms with E-state index in [9.17, 15) is 0 Å². The van der Waals surface area contributed by atoms with Crippen molar-refractivity contribution in [2.24, 2.45) is 0 Å². The summed E-state index contributed by atoms with van der Waals surface area (Å²) >= 11 is 1.65. The molecule has 0 radical (unpaired) electrons. The van der Waals surface area contributed by atoms with Crippen LogP contribution in [0.5, 0.6) is 0 Å². The van der Waals surface area contributed by atoms with Crippen LogP contribution in [0.25, 0.3) is 27.6 Å². The third-order valence-corrected chi connectivity index (χ3v) is 7.49. The number of pyridine rings is 1. The summed E-state index contributed by atoms with van der Waals surface area (Å²) < 4.78 is 2.21. The third kappa shape index (κ3) is 4.19. The molecule has 1 aliphatic heterocycles. The van der Waals surface area contributed by atoms with Gasteiger partial charge in [-0.3, -0.25) is 0 Å². The Morgan fingerprint density at radius 2 is 1.58 bits per heavy atom. The van der Waals surface area contributed by atoms with E-state index in [0.717, 1.165) is 49.1 Å². The van der Waals surface area contributed by atoms with Gasteiger partial charge in [0, 0.05) is 38.5 Å². The standard InChI is InChI=1S/C31H22N4OS.Pt/c1-21-16-17-32-31(18-21)34-27-11-4-3-10-25(27)26-15-14-24(20-30(26)34)37-23-9-7-8-22(19-23)35-29-13-6-5-12-28(29)33(2)36-35;/h3-18H,1-2H3;/q-2;/p+1. The van der Waals surface area contributed by atoms with Crippen molar-refractivity contribution in [3.8, 4) is 5.82 Å². The van der Waals surface area contributed by atoms with Crippen LogP contribution in [0.3, 0.4) is 0 Å². The number of nitrogens with zero attached hydrogens (tertiary/aromatic N) is 4. The van der Waals surface area contributed by atoms with Gasteiger partial charge < -0.3 is 4.57 Å². The van der Waals surface area contributed by atoms with Crippen molar-refractivity contribution in [2.45, 2.75) is 16.7 Å². The molecule has 0 bridgehead atoms. The van der Waals surface area contributed by atoms with Crippen molar-refractivity contribution in [1.82, 2.24) is 9.55 Å². The maximum Gasteiger partial charge on any atom is 0.145 e. The molecule has 0 unspecified atom stereocenters. The predicted octanol–water partition coefficient (Wildman–Crippen LogP) is 7.66. The summed E-state index contributed by atoms with van der Waals surface area (Å²) in [5, 5.41) is 6.19. The molecule has 0 atom stereocenters. The minimum absolute atomic E-state index is 0. The van der Waals surface area contributed by atoms with E-state index in [1.165, 1.54) is 10.9 Å². The number of hydrogen-bond donors (Lipinski definition) is 0. The summed E-state index contributed by atoms with van der Waals surface area (Å²) in [6.45, 7) is 2.09. The Balaban J connectivity index is 0.00000264. The van der Waals surface area contributed by atoms with Gasteiger partial charge in [0.25, 0.3) is 0 Å². The van der Waals surface area contributed by atoms with E-state index in [4.69, 9.17) is 4.94 Å². The molecule has 0 aliphatic carbocycles. The van der Waals surface area contributed by atoms with Crippen molar-refractivity contribution in [3.05, 3.63) is 115 Å². The number of fused-ring (bicyclic) bond motifs is 4. The van der Waals surface area contributed by atoms with E-state index in [0.29, 0.717) is 0 Å². The number of anilines is 3. The van der Waals surface area contributed by atoms with E-state index in [1.807, 2.05) is 47.6 Å². The first kappa shape index (κ1) is 24.7. The largest absolute Gasteiger partial charge is 0.319 e. The zero-order valence-electron chi connectivity index (χ0n) is 20.7. The molecule has 0 saturated carbocycles. The minimum Gasteiger partial charge on any atom is -0.319 e. The zero-order valence-corrected chi connectivity index (χ0v) is 23.8. The van der Waals surface area contributed by atoms with Crippen LogP contribution in [-0.2, 0) is 21.1 Å². The molecule has 6 aromatic rings. The second-order valence-corrected chi connectivity index (χ2v) is 10.1. The molecule has 1 aliphatic rings. The van der Waals surface area contributed by atoms with Gasteiger partial charge in [0.1, 0.15) is 17.2 Å². The normalized spacial score (nSPS) is 12.7. The molecule has 1 N–H and O–H groups in total. The first-order chi connectivity index (χ1) is 18.2. The number of rotatable bonds is 4. The Kier molecular flexibility index (Phi) is 6.48. The van der Waals surface area contributed by atoms with Crippen LogP contribution in [0.1, 0.15) is 5.56 Å². The summed E-state index contributed by atoms with van der Waals surface area (Å²) in [5.41, 5.74) is 6.34. The van der Waals surface area contributed by atoms with Gasteiger partial charge in [-0.15, -0.1) is 55.3 Å². The van der Waals surface area contributed by atoms with Crippen LogP contribution in [0.2, 0.25) is 0 Å². The number of aryl methyl sites for hydroxylation is 1. The van der Waals surface area contributed by atoms with E-state index in [2.05, 4.69) is 95.3 Å². The second-order valence-electron chi connectivity index (χ2n) is 9.04. The number of para-hydroxylation sites is 3. The zero-order chi connectivity index (χ0) is 24.9. The van der Waals surface area contributed by atoms with Gasteiger partial charge in [-0.25, -0.2) is 4.98 Å². The molecule has 190 valence electrons. The van der Waals surface area contributed by atoms with Crippen molar-refractivity contribution in [1.29, 1.82) is 0 Å². The van der Waals surface area contributed by atoms with Crippen LogP contribution in [0.15, 0.2) is 107 Å². The first-order valence-corrected chi connectivity index (χ1v) is 12.9. The Bertz CT molecular complexity index is 1800. The summed E-state index contributed by atoms with van der Waals surface area (Å²) in [7, 11) is 1.96. The molecule has 7 heteroatoms. The average molecular weight is 695 g/mol. The Morgan fingerprint density at radius 3 is 2.45 bits per heavy atom. The molecule has 0 spiro atoms. The van der Waals surface area contributed by atoms with Crippen LogP contribution in [0.4, 0.5) is 17.1 Å². The first-order valence-electron chi connectivity index (χ1n) is 12.1. The fourth-order valence-corrected chi connectivity index (χ4v) is 5.70. The molecule has 5 nitrogen and oxygen atoms in total. The maximum atomic E-state index is 4.70. The number of aromatic nitrogens is 2. The van der Waals surface area contributed by atoms with Crippen molar-refractivity contribution in [2.75, 3.05) is 17.2 Å². The van der Waals surface area contributed by atoms with Crippen LogP contribution < -0.4 is 10.1 Å². The van der Waals surface area contributed by atoms with Gasteiger partial charge in [-0.1, -0.05) is 35.8 Å². The topological polar surface area (TPSA) is 37.1 Å². The number of hydrogen-bond acceptors (Lipinski definition) is 4. The van der Waals surface area contributed by atoms with Gasteiger partial charge in [-0.05, 0) is 48.2 Å². The van der Waals surface area contributed by atoms with E-state index in [-0.39, 0.29) is 21.1 Å². The average Bonchev–Trinajstić information content (AvgIpc) is 3.43. The molecule has 3 heterocycles.